The number of alkyl carbamates (subject to hydrolysis) is 1. The maximum Gasteiger partial charge on any atom is 0.409 e. The quantitative estimate of drug-likeness (QED) is 0.801. The Morgan fingerprint density at radius 3 is 2.78 bits per heavy atom. The molecular formula is C14H18N2O2. The Labute approximate surface area is 107 Å². The molecule has 4 heteroatoms. The van der Waals surface area contributed by atoms with E-state index in [2.05, 4.69) is 10.6 Å². The van der Waals surface area contributed by atoms with Crippen LogP contribution >= 0.6 is 0 Å². The average molecular weight is 246 g/mol. The van der Waals surface area contributed by atoms with Gasteiger partial charge in [-0.2, -0.15) is 0 Å². The van der Waals surface area contributed by atoms with E-state index in [0.717, 1.165) is 11.3 Å². The van der Waals surface area contributed by atoms with E-state index in [1.54, 1.807) is 0 Å². The Kier molecular flexibility index (Phi) is 3.28. The predicted octanol–water partition coefficient (Wildman–Crippen LogP) is 2.98. The average Bonchev–Trinajstić information content (AvgIpc) is 2.26. The summed E-state index contributed by atoms with van der Waals surface area (Å²) in [6.45, 7) is 5.52. The number of rotatable bonds is 1. The molecule has 2 rings (SSSR count). The number of amides is 1. The molecule has 4 nitrogen and oxygen atoms in total. The van der Waals surface area contributed by atoms with Gasteiger partial charge in [0, 0.05) is 5.69 Å². The summed E-state index contributed by atoms with van der Waals surface area (Å²) >= 11 is 0. The van der Waals surface area contributed by atoms with Crippen molar-refractivity contribution in [1.29, 1.82) is 0 Å². The van der Waals surface area contributed by atoms with Gasteiger partial charge in [0.2, 0.25) is 0 Å². The van der Waals surface area contributed by atoms with Crippen LogP contribution in [0.1, 0.15) is 26.3 Å². The largest absolute Gasteiger partial charge is 0.444 e. The van der Waals surface area contributed by atoms with E-state index in [4.69, 9.17) is 4.74 Å². The van der Waals surface area contributed by atoms with Gasteiger partial charge in [-0.25, -0.2) is 4.79 Å². The number of carbonyl (C=O) groups is 1. The first-order valence-corrected chi connectivity index (χ1v) is 5.97. The maximum atomic E-state index is 11.6. The second-order valence-electron chi connectivity index (χ2n) is 5.21. The molecule has 1 aromatic rings. The van der Waals surface area contributed by atoms with Crippen molar-refractivity contribution in [3.63, 3.8) is 0 Å². The maximum absolute atomic E-state index is 11.6. The summed E-state index contributed by atoms with van der Waals surface area (Å²) in [6.07, 6.45) is 3.21. The molecule has 18 heavy (non-hydrogen) atoms. The number of hydrogen-bond acceptors (Lipinski definition) is 3. The van der Waals surface area contributed by atoms with E-state index in [1.165, 1.54) is 0 Å². The number of carbonyl (C=O) groups excluding carboxylic acids is 1. The second-order valence-corrected chi connectivity index (χ2v) is 5.21. The molecule has 1 aliphatic rings. The molecule has 0 saturated carbocycles. The standard InChI is InChI=1S/C14H18N2O2/c1-14(2,3)18-13(17)16-12-9-8-10-6-4-5-7-11(10)15-12/h4-9,12,15H,1-3H3,(H,16,17). The van der Waals surface area contributed by atoms with Gasteiger partial charge in [0.15, 0.2) is 0 Å². The predicted molar refractivity (Wildman–Crippen MR) is 72.3 cm³/mol. The van der Waals surface area contributed by atoms with Crippen molar-refractivity contribution in [2.75, 3.05) is 5.32 Å². The molecule has 0 radical (unpaired) electrons. The fourth-order valence-electron chi connectivity index (χ4n) is 1.71. The summed E-state index contributed by atoms with van der Waals surface area (Å²) in [5.41, 5.74) is 1.63. The highest BCUT2D eigenvalue weighted by Gasteiger charge is 2.19. The van der Waals surface area contributed by atoms with Gasteiger partial charge in [0.25, 0.3) is 0 Å². The van der Waals surface area contributed by atoms with Gasteiger partial charge in [-0.1, -0.05) is 24.3 Å². The minimum absolute atomic E-state index is 0.241. The summed E-state index contributed by atoms with van der Waals surface area (Å²) in [7, 11) is 0. The van der Waals surface area contributed by atoms with Gasteiger partial charge >= 0.3 is 6.09 Å². The van der Waals surface area contributed by atoms with E-state index >= 15 is 0 Å². The number of nitrogens with one attached hydrogen (secondary N) is 2. The topological polar surface area (TPSA) is 50.4 Å². The molecule has 1 amide bonds. The van der Waals surface area contributed by atoms with E-state index in [0.29, 0.717) is 0 Å². The Bertz CT molecular complexity index is 475. The van der Waals surface area contributed by atoms with Crippen molar-refractivity contribution in [3.05, 3.63) is 35.9 Å². The van der Waals surface area contributed by atoms with Gasteiger partial charge < -0.3 is 10.1 Å². The lowest BCUT2D eigenvalue weighted by molar-refractivity contribution is 0.0519. The van der Waals surface area contributed by atoms with E-state index < -0.39 is 11.7 Å². The minimum atomic E-state index is -0.486. The van der Waals surface area contributed by atoms with Crippen molar-refractivity contribution >= 4 is 17.9 Å². The van der Waals surface area contributed by atoms with Crippen molar-refractivity contribution in [1.82, 2.24) is 5.32 Å². The fraction of sp³-hybridized carbons (Fsp3) is 0.357. The Morgan fingerprint density at radius 1 is 1.33 bits per heavy atom. The Morgan fingerprint density at radius 2 is 2.06 bits per heavy atom. The molecule has 2 N–H and O–H groups in total. The molecule has 0 saturated heterocycles. The van der Waals surface area contributed by atoms with Crippen LogP contribution in [0.15, 0.2) is 30.3 Å². The first-order valence-electron chi connectivity index (χ1n) is 5.97. The highest BCUT2D eigenvalue weighted by Crippen LogP contribution is 2.21. The summed E-state index contributed by atoms with van der Waals surface area (Å²) in [5.74, 6) is 0. The SMILES string of the molecule is CC(C)(C)OC(=O)NC1C=Cc2ccccc2N1. The third-order valence-electron chi connectivity index (χ3n) is 2.41. The molecular weight excluding hydrogens is 228 g/mol. The van der Waals surface area contributed by atoms with Crippen LogP contribution in [0.2, 0.25) is 0 Å². The third-order valence-corrected chi connectivity index (χ3v) is 2.41. The fourth-order valence-corrected chi connectivity index (χ4v) is 1.71. The number of anilines is 1. The third kappa shape index (κ3) is 3.26. The Balaban J connectivity index is 1.96. The summed E-state index contributed by atoms with van der Waals surface area (Å²) < 4.78 is 5.20. The zero-order chi connectivity index (χ0) is 13.2. The molecule has 1 atom stereocenters. The number of ether oxygens (including phenoxy) is 1. The molecule has 0 fully saturated rings. The normalized spacial score (nSPS) is 17.6. The van der Waals surface area contributed by atoms with E-state index in [1.807, 2.05) is 57.2 Å². The van der Waals surface area contributed by atoms with Gasteiger partial charge in [0.05, 0.1) is 0 Å². The van der Waals surface area contributed by atoms with Crippen LogP contribution in [0, 0.1) is 0 Å². The van der Waals surface area contributed by atoms with Crippen LogP contribution in [0.3, 0.4) is 0 Å². The molecule has 96 valence electrons. The number of fused-ring (bicyclic) bond motifs is 1. The minimum Gasteiger partial charge on any atom is -0.444 e. The first-order chi connectivity index (χ1) is 8.44. The molecule has 1 unspecified atom stereocenters. The highest BCUT2D eigenvalue weighted by molar-refractivity contribution is 5.74. The van der Waals surface area contributed by atoms with Gasteiger partial charge in [-0.3, -0.25) is 5.32 Å². The molecule has 1 aromatic carbocycles. The van der Waals surface area contributed by atoms with Crippen molar-refractivity contribution in [2.45, 2.75) is 32.5 Å². The molecule has 0 aromatic heterocycles. The lowest BCUT2D eigenvalue weighted by Gasteiger charge is -2.25. The van der Waals surface area contributed by atoms with Crippen LogP contribution < -0.4 is 10.6 Å². The van der Waals surface area contributed by atoms with Crippen LogP contribution in [-0.4, -0.2) is 17.9 Å². The van der Waals surface area contributed by atoms with Crippen molar-refractivity contribution in [3.8, 4) is 0 Å². The van der Waals surface area contributed by atoms with Crippen LogP contribution in [0.5, 0.6) is 0 Å². The lowest BCUT2D eigenvalue weighted by atomic mass is 10.1. The van der Waals surface area contributed by atoms with Gasteiger partial charge in [0.1, 0.15) is 11.8 Å². The van der Waals surface area contributed by atoms with Gasteiger partial charge in [-0.15, -0.1) is 0 Å². The second kappa shape index (κ2) is 4.72. The number of para-hydroxylation sites is 1. The highest BCUT2D eigenvalue weighted by atomic mass is 16.6. The van der Waals surface area contributed by atoms with E-state index in [9.17, 15) is 4.79 Å². The number of hydrogen-bond donors (Lipinski definition) is 2. The molecule has 0 bridgehead atoms. The number of benzene rings is 1. The van der Waals surface area contributed by atoms with Crippen LogP contribution in [0.4, 0.5) is 10.5 Å². The molecule has 0 spiro atoms. The Hall–Kier alpha value is -1.97. The smallest absolute Gasteiger partial charge is 0.409 e. The first kappa shape index (κ1) is 12.5. The zero-order valence-electron chi connectivity index (χ0n) is 10.9. The van der Waals surface area contributed by atoms with Crippen LogP contribution in [-0.2, 0) is 4.74 Å². The summed E-state index contributed by atoms with van der Waals surface area (Å²) in [6, 6.07) is 7.92. The molecule has 1 aliphatic heterocycles. The van der Waals surface area contributed by atoms with Crippen LogP contribution in [0.25, 0.3) is 6.08 Å². The zero-order valence-corrected chi connectivity index (χ0v) is 10.9. The summed E-state index contributed by atoms with van der Waals surface area (Å²) in [4.78, 5) is 11.6. The summed E-state index contributed by atoms with van der Waals surface area (Å²) in [5, 5.41) is 5.97. The van der Waals surface area contributed by atoms with E-state index in [-0.39, 0.29) is 6.17 Å². The van der Waals surface area contributed by atoms with Crippen molar-refractivity contribution < 1.29 is 9.53 Å². The van der Waals surface area contributed by atoms with Gasteiger partial charge in [-0.05, 0) is 38.5 Å². The monoisotopic (exact) mass is 246 g/mol. The lowest BCUT2D eigenvalue weighted by Crippen LogP contribution is -2.42. The molecule has 1 heterocycles. The van der Waals surface area contributed by atoms with Crippen molar-refractivity contribution in [2.24, 2.45) is 0 Å². The molecule has 0 aliphatic carbocycles.